The van der Waals surface area contributed by atoms with E-state index in [9.17, 15) is 9.59 Å². The van der Waals surface area contributed by atoms with Crippen molar-refractivity contribution in [2.75, 3.05) is 5.75 Å². The van der Waals surface area contributed by atoms with Crippen molar-refractivity contribution in [3.8, 4) is 0 Å². The van der Waals surface area contributed by atoms with E-state index in [0.717, 1.165) is 10.3 Å². The van der Waals surface area contributed by atoms with E-state index < -0.39 is 0 Å². The fourth-order valence-electron chi connectivity index (χ4n) is 1.66. The van der Waals surface area contributed by atoms with Gasteiger partial charge in [0.2, 0.25) is 0 Å². The molecule has 0 fully saturated rings. The summed E-state index contributed by atoms with van der Waals surface area (Å²) in [4.78, 5) is 31.1. The summed E-state index contributed by atoms with van der Waals surface area (Å²) in [5, 5.41) is 0.670. The molecule has 0 aromatic carbocycles. The summed E-state index contributed by atoms with van der Waals surface area (Å²) in [6.07, 6.45) is 0. The Morgan fingerprint density at radius 3 is 2.42 bits per heavy atom. The van der Waals surface area contributed by atoms with E-state index in [0.29, 0.717) is 16.3 Å². The summed E-state index contributed by atoms with van der Waals surface area (Å²) in [5.74, 6) is 0.876. The topological polar surface area (TPSA) is 72.7 Å². The van der Waals surface area contributed by atoms with Crippen LogP contribution in [0.2, 0.25) is 0 Å². The molecule has 2 aromatic rings. The van der Waals surface area contributed by atoms with Gasteiger partial charge in [-0.2, -0.15) is 0 Å². The maximum Gasteiger partial charge on any atom is 0.332 e. The molecule has 0 atom stereocenters. The number of rotatable bonds is 2. The van der Waals surface area contributed by atoms with Crippen molar-refractivity contribution in [2.45, 2.75) is 25.9 Å². The highest BCUT2D eigenvalue weighted by Gasteiger charge is 2.16. The van der Waals surface area contributed by atoms with E-state index in [1.54, 1.807) is 18.8 Å². The molecule has 0 saturated carbocycles. The molecular formula is C12H18N4O2S. The number of fused-ring (bicyclic) bond motifs is 1. The molecule has 0 radical (unpaired) electrons. The zero-order chi connectivity index (χ0) is 14.4. The first kappa shape index (κ1) is 13.9. The Morgan fingerprint density at radius 1 is 1.21 bits per heavy atom. The standard InChI is InChI=1S/C12H18N4O2S/c1-12(2,3)6-19-10-13-7-8(14-10)15(4)11(18)16(5)9(7)17/h6H2,1-5H3,(H,13,14). The highest BCUT2D eigenvalue weighted by atomic mass is 32.2. The smallest absolute Gasteiger partial charge is 0.327 e. The van der Waals surface area contributed by atoms with Crippen molar-refractivity contribution in [3.63, 3.8) is 0 Å². The van der Waals surface area contributed by atoms with Gasteiger partial charge in [-0.25, -0.2) is 9.78 Å². The minimum atomic E-state index is -0.364. The minimum absolute atomic E-state index is 0.167. The minimum Gasteiger partial charge on any atom is -0.327 e. The van der Waals surface area contributed by atoms with Crippen molar-refractivity contribution in [1.29, 1.82) is 0 Å². The molecule has 2 aromatic heterocycles. The van der Waals surface area contributed by atoms with Gasteiger partial charge in [0.05, 0.1) is 0 Å². The molecule has 104 valence electrons. The number of aromatic nitrogens is 4. The molecule has 0 aliphatic rings. The first-order valence-electron chi connectivity index (χ1n) is 5.99. The molecule has 0 aliphatic heterocycles. The van der Waals surface area contributed by atoms with Crippen LogP contribution in [0.25, 0.3) is 11.2 Å². The summed E-state index contributed by atoms with van der Waals surface area (Å²) >= 11 is 1.55. The van der Waals surface area contributed by atoms with Gasteiger partial charge in [-0.05, 0) is 5.41 Å². The molecule has 0 unspecified atom stereocenters. The van der Waals surface area contributed by atoms with Gasteiger partial charge in [-0.3, -0.25) is 13.9 Å². The number of aromatic amines is 1. The molecule has 0 amide bonds. The van der Waals surface area contributed by atoms with E-state index >= 15 is 0 Å². The molecule has 7 heteroatoms. The highest BCUT2D eigenvalue weighted by molar-refractivity contribution is 7.99. The maximum atomic E-state index is 12.0. The molecule has 6 nitrogen and oxygen atoms in total. The van der Waals surface area contributed by atoms with Gasteiger partial charge in [-0.1, -0.05) is 32.5 Å². The molecule has 19 heavy (non-hydrogen) atoms. The third-order valence-corrected chi connectivity index (χ3v) is 4.19. The van der Waals surface area contributed by atoms with Crippen LogP contribution in [0, 0.1) is 5.41 Å². The second-order valence-electron chi connectivity index (χ2n) is 5.80. The van der Waals surface area contributed by atoms with Crippen molar-refractivity contribution in [1.82, 2.24) is 19.1 Å². The van der Waals surface area contributed by atoms with Gasteiger partial charge >= 0.3 is 5.69 Å². The summed E-state index contributed by atoms with van der Waals surface area (Å²) in [7, 11) is 3.08. The second-order valence-corrected chi connectivity index (χ2v) is 6.76. The van der Waals surface area contributed by atoms with E-state index in [2.05, 4.69) is 30.7 Å². The van der Waals surface area contributed by atoms with Crippen LogP contribution >= 0.6 is 11.8 Å². The van der Waals surface area contributed by atoms with Crippen LogP contribution < -0.4 is 11.2 Å². The van der Waals surface area contributed by atoms with Crippen LogP contribution in [0.15, 0.2) is 14.7 Å². The predicted octanol–water partition coefficient (Wildman–Crippen LogP) is 1.10. The molecule has 0 aliphatic carbocycles. The fraction of sp³-hybridized carbons (Fsp3) is 0.583. The Morgan fingerprint density at radius 2 is 1.84 bits per heavy atom. The number of H-pyrrole nitrogens is 1. The molecule has 2 heterocycles. The number of imidazole rings is 1. The quantitative estimate of drug-likeness (QED) is 0.837. The number of nitrogens with zero attached hydrogens (tertiary/aromatic N) is 3. The Balaban J connectivity index is 2.53. The van der Waals surface area contributed by atoms with Gasteiger partial charge in [0, 0.05) is 19.8 Å². The average Bonchev–Trinajstić information content (AvgIpc) is 2.75. The Kier molecular flexibility index (Phi) is 3.34. The summed E-state index contributed by atoms with van der Waals surface area (Å²) in [6.45, 7) is 6.41. The van der Waals surface area contributed by atoms with Crippen LogP contribution in [0.5, 0.6) is 0 Å². The zero-order valence-electron chi connectivity index (χ0n) is 11.8. The maximum absolute atomic E-state index is 12.0. The summed E-state index contributed by atoms with van der Waals surface area (Å²) < 4.78 is 2.47. The highest BCUT2D eigenvalue weighted by Crippen LogP contribution is 2.25. The predicted molar refractivity (Wildman–Crippen MR) is 76.8 cm³/mol. The largest absolute Gasteiger partial charge is 0.332 e. The summed E-state index contributed by atoms with van der Waals surface area (Å²) in [5.41, 5.74) is 0.246. The van der Waals surface area contributed by atoms with Crippen LogP contribution in [0.1, 0.15) is 20.8 Å². The van der Waals surface area contributed by atoms with Gasteiger partial charge in [0.15, 0.2) is 16.3 Å². The van der Waals surface area contributed by atoms with Crippen molar-refractivity contribution in [2.24, 2.45) is 19.5 Å². The Hall–Kier alpha value is -1.50. The van der Waals surface area contributed by atoms with Gasteiger partial charge in [0.1, 0.15) is 0 Å². The fourth-order valence-corrected chi connectivity index (χ4v) is 2.55. The van der Waals surface area contributed by atoms with Gasteiger partial charge < -0.3 is 4.98 Å². The Bertz CT molecular complexity index is 733. The normalized spacial score (nSPS) is 12.3. The molecule has 0 saturated heterocycles. The van der Waals surface area contributed by atoms with Crippen LogP contribution in [0.3, 0.4) is 0 Å². The third-order valence-electron chi connectivity index (χ3n) is 2.71. The first-order valence-corrected chi connectivity index (χ1v) is 6.98. The third kappa shape index (κ3) is 2.60. The monoisotopic (exact) mass is 282 g/mol. The number of hydrogen-bond acceptors (Lipinski definition) is 4. The van der Waals surface area contributed by atoms with Crippen molar-refractivity contribution >= 4 is 22.9 Å². The molecular weight excluding hydrogens is 264 g/mol. The SMILES string of the molecule is Cn1c(=O)c2[nH]c(SCC(C)(C)C)nc2n(C)c1=O. The lowest BCUT2D eigenvalue weighted by molar-refractivity contribution is 0.480. The van der Waals surface area contributed by atoms with Gasteiger partial charge in [0.25, 0.3) is 5.56 Å². The number of hydrogen-bond donors (Lipinski definition) is 1. The van der Waals surface area contributed by atoms with E-state index in [-0.39, 0.29) is 16.7 Å². The van der Waals surface area contributed by atoms with Gasteiger partial charge in [-0.15, -0.1) is 0 Å². The first-order chi connectivity index (χ1) is 8.70. The Labute approximate surface area is 114 Å². The number of aryl methyl sites for hydroxylation is 1. The number of nitrogens with one attached hydrogen (secondary N) is 1. The van der Waals surface area contributed by atoms with E-state index in [1.165, 1.54) is 11.6 Å². The van der Waals surface area contributed by atoms with Crippen molar-refractivity contribution < 1.29 is 0 Å². The lowest BCUT2D eigenvalue weighted by Crippen LogP contribution is -2.36. The van der Waals surface area contributed by atoms with Crippen LogP contribution in [0.4, 0.5) is 0 Å². The number of thioether (sulfide) groups is 1. The van der Waals surface area contributed by atoms with Crippen molar-refractivity contribution in [3.05, 3.63) is 20.8 Å². The molecule has 2 rings (SSSR count). The van der Waals surface area contributed by atoms with Crippen LogP contribution in [-0.2, 0) is 14.1 Å². The zero-order valence-corrected chi connectivity index (χ0v) is 12.6. The second kappa shape index (κ2) is 4.56. The lowest BCUT2D eigenvalue weighted by Gasteiger charge is -2.15. The summed E-state index contributed by atoms with van der Waals surface area (Å²) in [6, 6.07) is 0. The lowest BCUT2D eigenvalue weighted by atomic mass is 10.0. The average molecular weight is 282 g/mol. The van der Waals surface area contributed by atoms with Crippen LogP contribution in [-0.4, -0.2) is 24.9 Å². The van der Waals surface area contributed by atoms with E-state index in [1.807, 2.05) is 0 Å². The molecule has 0 bridgehead atoms. The molecule has 1 N–H and O–H groups in total. The van der Waals surface area contributed by atoms with E-state index in [4.69, 9.17) is 0 Å². The molecule has 0 spiro atoms.